The third-order valence-electron chi connectivity index (χ3n) is 2.59. The van der Waals surface area contributed by atoms with E-state index in [0.29, 0.717) is 30.3 Å². The fourth-order valence-corrected chi connectivity index (χ4v) is 1.80. The molecule has 5 heteroatoms. The molecule has 2 aromatic rings. The first-order valence-electron chi connectivity index (χ1n) is 6.31. The molecule has 4 nitrogen and oxygen atoms in total. The lowest BCUT2D eigenvalue weighted by molar-refractivity contribution is -0.115. The number of hydrogen-bond donors (Lipinski definition) is 2. The summed E-state index contributed by atoms with van der Waals surface area (Å²) in [4.78, 5) is 15.5. The number of aromatic nitrogens is 1. The summed E-state index contributed by atoms with van der Waals surface area (Å²) in [7, 11) is 0. The lowest BCUT2D eigenvalue weighted by atomic mass is 10.2. The van der Waals surface area contributed by atoms with Gasteiger partial charge in [-0.3, -0.25) is 4.79 Å². The van der Waals surface area contributed by atoms with Crippen LogP contribution in [0.4, 0.5) is 5.69 Å². The van der Waals surface area contributed by atoms with Crippen molar-refractivity contribution in [3.63, 3.8) is 0 Å². The van der Waals surface area contributed by atoms with E-state index < -0.39 is 0 Å². The number of carbonyl (C=O) groups is 1. The number of rotatable bonds is 6. The van der Waals surface area contributed by atoms with Crippen LogP contribution in [0.1, 0.15) is 12.0 Å². The predicted octanol–water partition coefficient (Wildman–Crippen LogP) is 2.92. The van der Waals surface area contributed by atoms with Crippen LogP contribution in [0.5, 0.6) is 5.88 Å². The molecule has 0 aliphatic heterocycles. The number of carbonyl (C=O) groups excluding carboxylic acids is 1. The molecule has 0 fully saturated rings. The topological polar surface area (TPSA) is 51.2 Å². The Kier molecular flexibility index (Phi) is 5.43. The van der Waals surface area contributed by atoms with Crippen LogP contribution in [-0.2, 0) is 11.4 Å². The second kappa shape index (κ2) is 7.55. The van der Waals surface area contributed by atoms with Crippen molar-refractivity contribution >= 4 is 24.2 Å². The summed E-state index contributed by atoms with van der Waals surface area (Å²) in [6, 6.07) is 13.4. The van der Waals surface area contributed by atoms with Gasteiger partial charge >= 0.3 is 0 Å². The Morgan fingerprint density at radius 1 is 1.20 bits per heavy atom. The van der Waals surface area contributed by atoms with Gasteiger partial charge in [-0.05, 0) is 17.4 Å². The summed E-state index contributed by atoms with van der Waals surface area (Å²) in [5.74, 6) is 0.984. The van der Waals surface area contributed by atoms with Crippen molar-refractivity contribution in [1.82, 2.24) is 4.98 Å². The average Bonchev–Trinajstić information content (AvgIpc) is 2.48. The number of hydrogen-bond acceptors (Lipinski definition) is 4. The monoisotopic (exact) mass is 288 g/mol. The lowest BCUT2D eigenvalue weighted by Crippen LogP contribution is -2.11. The molecule has 1 aromatic heterocycles. The maximum Gasteiger partial charge on any atom is 0.225 e. The summed E-state index contributed by atoms with van der Waals surface area (Å²) in [5.41, 5.74) is 1.74. The van der Waals surface area contributed by atoms with E-state index >= 15 is 0 Å². The Balaban J connectivity index is 1.87. The minimum Gasteiger partial charge on any atom is -0.473 e. The van der Waals surface area contributed by atoms with Crippen molar-refractivity contribution in [2.24, 2.45) is 0 Å². The summed E-state index contributed by atoms with van der Waals surface area (Å²) in [6.45, 7) is 0.471. The first-order valence-corrected chi connectivity index (χ1v) is 6.94. The zero-order valence-electron chi connectivity index (χ0n) is 11.0. The Labute approximate surface area is 123 Å². The molecule has 1 N–H and O–H groups in total. The fourth-order valence-electron chi connectivity index (χ4n) is 1.60. The van der Waals surface area contributed by atoms with Gasteiger partial charge in [0.15, 0.2) is 0 Å². The second-order valence-electron chi connectivity index (χ2n) is 4.18. The van der Waals surface area contributed by atoms with E-state index in [2.05, 4.69) is 22.9 Å². The normalized spacial score (nSPS) is 10.1. The molecule has 104 valence electrons. The van der Waals surface area contributed by atoms with Crippen LogP contribution in [0.25, 0.3) is 0 Å². The molecule has 0 spiro atoms. The SMILES string of the molecule is O=C(CCS)Nc1ccc(OCc2ccccc2)nc1. The molecular weight excluding hydrogens is 272 g/mol. The molecule has 0 aliphatic rings. The third-order valence-corrected chi connectivity index (χ3v) is 2.81. The summed E-state index contributed by atoms with van der Waals surface area (Å²) in [6.07, 6.45) is 1.96. The predicted molar refractivity (Wildman–Crippen MR) is 82.1 cm³/mol. The zero-order chi connectivity index (χ0) is 14.2. The molecule has 0 unspecified atom stereocenters. The highest BCUT2D eigenvalue weighted by Crippen LogP contribution is 2.13. The maximum absolute atomic E-state index is 11.4. The minimum atomic E-state index is -0.0697. The Bertz CT molecular complexity index is 544. The number of anilines is 1. The van der Waals surface area contributed by atoms with Crippen molar-refractivity contribution in [1.29, 1.82) is 0 Å². The zero-order valence-corrected chi connectivity index (χ0v) is 11.8. The highest BCUT2D eigenvalue weighted by molar-refractivity contribution is 7.80. The Hall–Kier alpha value is -2.01. The Morgan fingerprint density at radius 3 is 2.65 bits per heavy atom. The number of pyridine rings is 1. The molecule has 2 rings (SSSR count). The van der Waals surface area contributed by atoms with Crippen LogP contribution >= 0.6 is 12.6 Å². The van der Waals surface area contributed by atoms with Gasteiger partial charge in [0.05, 0.1) is 11.9 Å². The van der Waals surface area contributed by atoms with E-state index in [1.807, 2.05) is 30.3 Å². The van der Waals surface area contributed by atoms with Gasteiger partial charge in [0.2, 0.25) is 11.8 Å². The van der Waals surface area contributed by atoms with Crippen molar-refractivity contribution in [3.8, 4) is 5.88 Å². The summed E-state index contributed by atoms with van der Waals surface area (Å²) < 4.78 is 5.56. The number of ether oxygens (including phenoxy) is 1. The first kappa shape index (κ1) is 14.4. The first-order chi connectivity index (χ1) is 9.78. The molecule has 0 saturated heterocycles. The van der Waals surface area contributed by atoms with Gasteiger partial charge in [0.25, 0.3) is 0 Å². The highest BCUT2D eigenvalue weighted by atomic mass is 32.1. The van der Waals surface area contributed by atoms with Crippen LogP contribution in [0.15, 0.2) is 48.7 Å². The van der Waals surface area contributed by atoms with Gasteiger partial charge < -0.3 is 10.1 Å². The molecule has 0 aliphatic carbocycles. The number of amides is 1. The average molecular weight is 288 g/mol. The fraction of sp³-hybridized carbons (Fsp3) is 0.200. The number of thiol groups is 1. The van der Waals surface area contributed by atoms with Gasteiger partial charge in [0, 0.05) is 12.5 Å². The van der Waals surface area contributed by atoms with Crippen molar-refractivity contribution in [3.05, 3.63) is 54.2 Å². The highest BCUT2D eigenvalue weighted by Gasteiger charge is 2.02. The van der Waals surface area contributed by atoms with Crippen molar-refractivity contribution < 1.29 is 9.53 Å². The van der Waals surface area contributed by atoms with Gasteiger partial charge in [-0.25, -0.2) is 4.98 Å². The number of nitrogens with one attached hydrogen (secondary N) is 1. The molecule has 1 aromatic carbocycles. The summed E-state index contributed by atoms with van der Waals surface area (Å²) >= 11 is 4.01. The minimum absolute atomic E-state index is 0.0697. The van der Waals surface area contributed by atoms with E-state index in [0.717, 1.165) is 5.56 Å². The number of benzene rings is 1. The summed E-state index contributed by atoms with van der Waals surface area (Å²) in [5, 5.41) is 2.74. The molecule has 1 amide bonds. The Morgan fingerprint density at radius 2 is 2.00 bits per heavy atom. The molecule has 0 saturated carbocycles. The van der Waals surface area contributed by atoms with Gasteiger partial charge in [-0.2, -0.15) is 12.6 Å². The van der Waals surface area contributed by atoms with Crippen LogP contribution < -0.4 is 10.1 Å². The lowest BCUT2D eigenvalue weighted by Gasteiger charge is -2.07. The molecule has 20 heavy (non-hydrogen) atoms. The molecule has 0 radical (unpaired) electrons. The van der Waals surface area contributed by atoms with Crippen LogP contribution in [0.2, 0.25) is 0 Å². The smallest absolute Gasteiger partial charge is 0.225 e. The third kappa shape index (κ3) is 4.59. The second-order valence-corrected chi connectivity index (χ2v) is 4.63. The molecule has 0 atom stereocenters. The quantitative estimate of drug-likeness (QED) is 0.804. The standard InChI is InChI=1S/C15H16N2O2S/c18-14(8-9-20)17-13-6-7-15(16-10-13)19-11-12-4-2-1-3-5-12/h1-7,10,20H,8-9,11H2,(H,17,18). The van der Waals surface area contributed by atoms with Gasteiger partial charge in [-0.15, -0.1) is 0 Å². The maximum atomic E-state index is 11.4. The van der Waals surface area contributed by atoms with Gasteiger partial charge in [-0.1, -0.05) is 30.3 Å². The molecular formula is C15H16N2O2S. The van der Waals surface area contributed by atoms with Crippen LogP contribution in [-0.4, -0.2) is 16.6 Å². The molecule has 0 bridgehead atoms. The van der Waals surface area contributed by atoms with E-state index in [1.54, 1.807) is 18.3 Å². The van der Waals surface area contributed by atoms with E-state index in [4.69, 9.17) is 4.74 Å². The van der Waals surface area contributed by atoms with Gasteiger partial charge in [0.1, 0.15) is 6.61 Å². The molecule has 1 heterocycles. The van der Waals surface area contributed by atoms with Crippen molar-refractivity contribution in [2.45, 2.75) is 13.0 Å². The number of nitrogens with zero attached hydrogens (tertiary/aromatic N) is 1. The van der Waals surface area contributed by atoms with E-state index in [1.165, 1.54) is 0 Å². The van der Waals surface area contributed by atoms with Crippen LogP contribution in [0.3, 0.4) is 0 Å². The van der Waals surface area contributed by atoms with E-state index in [-0.39, 0.29) is 5.91 Å². The van der Waals surface area contributed by atoms with Crippen LogP contribution in [0, 0.1) is 0 Å². The van der Waals surface area contributed by atoms with E-state index in [9.17, 15) is 4.79 Å². The van der Waals surface area contributed by atoms with Crippen molar-refractivity contribution in [2.75, 3.05) is 11.1 Å². The largest absolute Gasteiger partial charge is 0.473 e.